The van der Waals surface area contributed by atoms with Crippen molar-refractivity contribution >= 4 is 5.91 Å². The van der Waals surface area contributed by atoms with Gasteiger partial charge < -0.3 is 14.8 Å². The molecule has 1 saturated heterocycles. The molecule has 8 heteroatoms. The van der Waals surface area contributed by atoms with Gasteiger partial charge in [-0.1, -0.05) is 0 Å². The van der Waals surface area contributed by atoms with Crippen molar-refractivity contribution in [3.05, 3.63) is 60.6 Å². The largest absolute Gasteiger partial charge is 0.497 e. The van der Waals surface area contributed by atoms with E-state index >= 15 is 0 Å². The van der Waals surface area contributed by atoms with Gasteiger partial charge in [0, 0.05) is 50.4 Å². The van der Waals surface area contributed by atoms with Gasteiger partial charge in [-0.05, 0) is 55.4 Å². The number of amides is 1. The lowest BCUT2D eigenvalue weighted by Gasteiger charge is -2.26. The van der Waals surface area contributed by atoms with Crippen LogP contribution in [-0.2, 0) is 16.0 Å². The first-order valence-corrected chi connectivity index (χ1v) is 11.4. The number of carbonyl (C=O) groups is 1. The van der Waals surface area contributed by atoms with E-state index in [0.717, 1.165) is 67.7 Å². The number of rotatable bonds is 10. The van der Waals surface area contributed by atoms with Crippen LogP contribution in [0.25, 0.3) is 16.9 Å². The van der Waals surface area contributed by atoms with Crippen LogP contribution in [-0.4, -0.2) is 72.1 Å². The summed E-state index contributed by atoms with van der Waals surface area (Å²) in [5.41, 5.74) is 3.70. The first kappa shape index (κ1) is 22.9. The maximum atomic E-state index is 12.4. The number of ether oxygens (including phenoxy) is 2. The van der Waals surface area contributed by atoms with Gasteiger partial charge in [-0.3, -0.25) is 14.7 Å². The third kappa shape index (κ3) is 6.40. The molecule has 2 aromatic heterocycles. The van der Waals surface area contributed by atoms with Crippen LogP contribution in [0.4, 0.5) is 0 Å². The number of nitrogens with one attached hydrogen (secondary N) is 1. The summed E-state index contributed by atoms with van der Waals surface area (Å²) in [6.45, 7) is 5.24. The zero-order valence-corrected chi connectivity index (χ0v) is 19.1. The average molecular weight is 450 g/mol. The Kier molecular flexibility index (Phi) is 8.05. The van der Waals surface area contributed by atoms with Gasteiger partial charge in [-0.2, -0.15) is 5.10 Å². The Morgan fingerprint density at radius 3 is 2.73 bits per heavy atom. The van der Waals surface area contributed by atoms with Crippen LogP contribution in [0.15, 0.2) is 54.9 Å². The zero-order chi connectivity index (χ0) is 22.9. The molecule has 8 nitrogen and oxygen atoms in total. The SMILES string of the molecule is COc1ccc(-n2nc(CCC(=O)NCCCN3CCOCC3)cc2-c2cccnc2)cc1. The number of methoxy groups -OCH3 is 1. The van der Waals surface area contributed by atoms with Gasteiger partial charge >= 0.3 is 0 Å². The van der Waals surface area contributed by atoms with Gasteiger partial charge in [-0.15, -0.1) is 0 Å². The Morgan fingerprint density at radius 1 is 1.18 bits per heavy atom. The highest BCUT2D eigenvalue weighted by Crippen LogP contribution is 2.25. The minimum atomic E-state index is 0.0545. The molecule has 1 amide bonds. The van der Waals surface area contributed by atoms with Gasteiger partial charge in [0.1, 0.15) is 5.75 Å². The van der Waals surface area contributed by atoms with Crippen molar-refractivity contribution in [1.29, 1.82) is 0 Å². The van der Waals surface area contributed by atoms with Crippen LogP contribution in [0, 0.1) is 0 Å². The lowest BCUT2D eigenvalue weighted by molar-refractivity contribution is -0.121. The molecule has 0 saturated carbocycles. The normalized spacial score (nSPS) is 14.2. The molecule has 4 rings (SSSR count). The molecule has 3 aromatic rings. The second-order valence-corrected chi connectivity index (χ2v) is 8.03. The first-order valence-electron chi connectivity index (χ1n) is 11.4. The highest BCUT2D eigenvalue weighted by Gasteiger charge is 2.14. The Labute approximate surface area is 194 Å². The topological polar surface area (TPSA) is 81.5 Å². The lowest BCUT2D eigenvalue weighted by Crippen LogP contribution is -2.38. The number of benzene rings is 1. The maximum Gasteiger partial charge on any atom is 0.220 e. The molecule has 3 heterocycles. The van der Waals surface area contributed by atoms with Crippen LogP contribution in [0.1, 0.15) is 18.5 Å². The van der Waals surface area contributed by atoms with Crippen molar-refractivity contribution in [1.82, 2.24) is 25.0 Å². The lowest BCUT2D eigenvalue weighted by atomic mass is 10.1. The Bertz CT molecular complexity index is 1010. The highest BCUT2D eigenvalue weighted by atomic mass is 16.5. The Morgan fingerprint density at radius 2 is 2.00 bits per heavy atom. The molecule has 1 fully saturated rings. The fraction of sp³-hybridized carbons (Fsp3) is 0.400. The first-order chi connectivity index (χ1) is 16.2. The van der Waals surface area contributed by atoms with E-state index in [1.807, 2.05) is 53.3 Å². The predicted molar refractivity (Wildman–Crippen MR) is 127 cm³/mol. The molecule has 1 N–H and O–H groups in total. The van der Waals surface area contributed by atoms with Crippen LogP contribution >= 0.6 is 0 Å². The van der Waals surface area contributed by atoms with Crippen molar-refractivity contribution < 1.29 is 14.3 Å². The van der Waals surface area contributed by atoms with E-state index in [9.17, 15) is 4.79 Å². The summed E-state index contributed by atoms with van der Waals surface area (Å²) in [7, 11) is 1.65. The van der Waals surface area contributed by atoms with Gasteiger partial charge in [0.05, 0.1) is 37.4 Å². The number of nitrogens with zero attached hydrogens (tertiary/aromatic N) is 4. The molecule has 33 heavy (non-hydrogen) atoms. The van der Waals surface area contributed by atoms with Crippen molar-refractivity contribution in [2.75, 3.05) is 46.5 Å². The summed E-state index contributed by atoms with van der Waals surface area (Å²) in [5.74, 6) is 0.846. The standard InChI is InChI=1S/C25H31N5O3/c1-32-23-8-6-22(7-9-23)30-24(20-4-2-11-26-19-20)18-21(28-30)5-10-25(31)27-12-3-13-29-14-16-33-17-15-29/h2,4,6-9,11,18-19H,3,5,10,12-17H2,1H3,(H,27,31). The van der Waals surface area contributed by atoms with Crippen molar-refractivity contribution in [3.63, 3.8) is 0 Å². The van der Waals surface area contributed by atoms with E-state index in [1.165, 1.54) is 0 Å². The number of aryl methyl sites for hydroxylation is 1. The predicted octanol–water partition coefficient (Wildman–Crippen LogP) is 2.71. The molecule has 1 aromatic carbocycles. The molecule has 0 unspecified atom stereocenters. The number of hydrogen-bond acceptors (Lipinski definition) is 6. The summed E-state index contributed by atoms with van der Waals surface area (Å²) in [6.07, 6.45) is 5.50. The maximum absolute atomic E-state index is 12.4. The van der Waals surface area contributed by atoms with E-state index in [2.05, 4.69) is 15.2 Å². The third-order valence-corrected chi connectivity index (χ3v) is 5.72. The minimum absolute atomic E-state index is 0.0545. The third-order valence-electron chi connectivity index (χ3n) is 5.72. The summed E-state index contributed by atoms with van der Waals surface area (Å²) in [5, 5.41) is 7.83. The Hall–Kier alpha value is -3.23. The molecule has 1 aliphatic rings. The van der Waals surface area contributed by atoms with Crippen molar-refractivity contribution in [3.8, 4) is 22.7 Å². The van der Waals surface area contributed by atoms with Gasteiger partial charge in [0.15, 0.2) is 0 Å². The minimum Gasteiger partial charge on any atom is -0.497 e. The van der Waals surface area contributed by atoms with E-state index < -0.39 is 0 Å². The van der Waals surface area contributed by atoms with E-state index in [-0.39, 0.29) is 5.91 Å². The Balaban J connectivity index is 1.36. The van der Waals surface area contributed by atoms with Gasteiger partial charge in [-0.25, -0.2) is 4.68 Å². The average Bonchev–Trinajstić information content (AvgIpc) is 3.31. The number of hydrogen-bond donors (Lipinski definition) is 1. The van der Waals surface area contributed by atoms with Gasteiger partial charge in [0.25, 0.3) is 0 Å². The monoisotopic (exact) mass is 449 g/mol. The molecule has 0 aliphatic carbocycles. The smallest absolute Gasteiger partial charge is 0.220 e. The fourth-order valence-electron chi connectivity index (χ4n) is 3.88. The molecular weight excluding hydrogens is 418 g/mol. The number of pyridine rings is 1. The van der Waals surface area contributed by atoms with E-state index in [1.54, 1.807) is 13.3 Å². The second kappa shape index (κ2) is 11.6. The summed E-state index contributed by atoms with van der Waals surface area (Å²) in [4.78, 5) is 19.0. The summed E-state index contributed by atoms with van der Waals surface area (Å²) in [6, 6.07) is 13.7. The highest BCUT2D eigenvalue weighted by molar-refractivity contribution is 5.76. The van der Waals surface area contributed by atoms with E-state index in [4.69, 9.17) is 14.6 Å². The fourth-order valence-corrected chi connectivity index (χ4v) is 3.88. The molecule has 0 bridgehead atoms. The van der Waals surface area contributed by atoms with Gasteiger partial charge in [0.2, 0.25) is 5.91 Å². The molecule has 174 valence electrons. The molecule has 0 radical (unpaired) electrons. The van der Waals surface area contributed by atoms with Crippen molar-refractivity contribution in [2.24, 2.45) is 0 Å². The van der Waals surface area contributed by atoms with Crippen LogP contribution in [0.3, 0.4) is 0 Å². The van der Waals surface area contributed by atoms with Crippen LogP contribution < -0.4 is 10.1 Å². The summed E-state index contributed by atoms with van der Waals surface area (Å²) < 4.78 is 12.5. The number of aromatic nitrogens is 3. The number of carbonyl (C=O) groups excluding carboxylic acids is 1. The molecule has 1 aliphatic heterocycles. The van der Waals surface area contributed by atoms with Crippen molar-refractivity contribution in [2.45, 2.75) is 19.3 Å². The molecule has 0 atom stereocenters. The number of morpholine rings is 1. The molecular formula is C25H31N5O3. The van der Waals surface area contributed by atoms with Crippen LogP contribution in [0.2, 0.25) is 0 Å². The van der Waals surface area contributed by atoms with E-state index in [0.29, 0.717) is 19.4 Å². The molecule has 0 spiro atoms. The second-order valence-electron chi connectivity index (χ2n) is 8.03. The quantitative estimate of drug-likeness (QED) is 0.480. The zero-order valence-electron chi connectivity index (χ0n) is 19.1. The van der Waals surface area contributed by atoms with Crippen LogP contribution in [0.5, 0.6) is 5.75 Å². The summed E-state index contributed by atoms with van der Waals surface area (Å²) >= 11 is 0.